The van der Waals surface area contributed by atoms with Gasteiger partial charge in [0, 0.05) is 24.5 Å². The normalized spacial score (nSPS) is 18.0. The molecule has 2 atom stereocenters. The zero-order chi connectivity index (χ0) is 27.3. The molecule has 38 heavy (non-hydrogen) atoms. The van der Waals surface area contributed by atoms with Crippen LogP contribution in [0.15, 0.2) is 72.3 Å². The second-order valence-corrected chi connectivity index (χ2v) is 10.7. The fourth-order valence-electron chi connectivity index (χ4n) is 5.26. The number of nitrogens with zero attached hydrogens (tertiary/aromatic N) is 1. The van der Waals surface area contributed by atoms with Crippen molar-refractivity contribution >= 4 is 28.9 Å². The minimum absolute atomic E-state index is 0.0220. The SMILES string of the molecule is COC(=O)c1ccc(C=C(CNC2CCN(C(=O)O)C2C(C)(C)C)COc2cccc3ccccc23)cc1. The van der Waals surface area contributed by atoms with Crippen LogP contribution in [0.2, 0.25) is 0 Å². The van der Waals surface area contributed by atoms with Gasteiger partial charge in [-0.25, -0.2) is 9.59 Å². The molecule has 3 aromatic carbocycles. The van der Waals surface area contributed by atoms with E-state index in [4.69, 9.17) is 9.47 Å². The number of carbonyl (C=O) groups is 2. The Morgan fingerprint density at radius 3 is 2.45 bits per heavy atom. The smallest absolute Gasteiger partial charge is 0.407 e. The summed E-state index contributed by atoms with van der Waals surface area (Å²) < 4.78 is 11.1. The molecule has 0 radical (unpaired) electrons. The van der Waals surface area contributed by atoms with E-state index < -0.39 is 6.09 Å². The third kappa shape index (κ3) is 6.34. The molecule has 2 N–H and O–H groups in total. The number of rotatable bonds is 8. The van der Waals surface area contributed by atoms with Gasteiger partial charge in [0.25, 0.3) is 0 Å². The molecule has 7 nitrogen and oxygen atoms in total. The summed E-state index contributed by atoms with van der Waals surface area (Å²) in [5.74, 6) is 0.430. The number of amides is 1. The average molecular weight is 517 g/mol. The Kier molecular flexibility index (Phi) is 8.37. The van der Waals surface area contributed by atoms with Gasteiger partial charge in [0.2, 0.25) is 0 Å². The molecule has 1 amide bonds. The second-order valence-electron chi connectivity index (χ2n) is 10.7. The summed E-state index contributed by atoms with van der Waals surface area (Å²) in [5.41, 5.74) is 2.22. The quantitative estimate of drug-likeness (QED) is 0.366. The largest absolute Gasteiger partial charge is 0.489 e. The Morgan fingerprint density at radius 1 is 1.05 bits per heavy atom. The topological polar surface area (TPSA) is 88.1 Å². The highest BCUT2D eigenvalue weighted by molar-refractivity contribution is 5.89. The molecule has 7 heteroatoms. The molecule has 1 fully saturated rings. The molecule has 2 unspecified atom stereocenters. The number of hydrogen-bond acceptors (Lipinski definition) is 5. The fraction of sp³-hybridized carbons (Fsp3) is 0.355. The van der Waals surface area contributed by atoms with E-state index in [0.717, 1.165) is 34.1 Å². The number of benzene rings is 3. The Hall–Kier alpha value is -3.84. The van der Waals surface area contributed by atoms with Gasteiger partial charge in [-0.1, -0.05) is 75.4 Å². The summed E-state index contributed by atoms with van der Waals surface area (Å²) in [6.07, 6.45) is 1.92. The average Bonchev–Trinajstić information content (AvgIpc) is 3.35. The van der Waals surface area contributed by atoms with E-state index in [1.807, 2.05) is 42.5 Å². The van der Waals surface area contributed by atoms with Crippen molar-refractivity contribution in [2.75, 3.05) is 26.8 Å². The molecular weight excluding hydrogens is 480 g/mol. The zero-order valence-corrected chi connectivity index (χ0v) is 22.4. The lowest BCUT2D eigenvalue weighted by Gasteiger charge is -2.37. The van der Waals surface area contributed by atoms with Crippen LogP contribution in [0.5, 0.6) is 5.75 Å². The monoisotopic (exact) mass is 516 g/mol. The molecule has 4 rings (SSSR count). The van der Waals surface area contributed by atoms with Crippen molar-refractivity contribution in [3.63, 3.8) is 0 Å². The molecule has 1 aliphatic heterocycles. The molecule has 1 aliphatic rings. The van der Waals surface area contributed by atoms with E-state index in [9.17, 15) is 14.7 Å². The van der Waals surface area contributed by atoms with Crippen LogP contribution in [0, 0.1) is 5.41 Å². The third-order valence-corrected chi connectivity index (χ3v) is 6.99. The van der Waals surface area contributed by atoms with E-state index in [1.54, 1.807) is 17.0 Å². The van der Waals surface area contributed by atoms with Gasteiger partial charge in [-0.15, -0.1) is 0 Å². The van der Waals surface area contributed by atoms with Crippen molar-refractivity contribution in [1.29, 1.82) is 0 Å². The fourth-order valence-corrected chi connectivity index (χ4v) is 5.26. The number of likely N-dealkylation sites (tertiary alicyclic amines) is 1. The van der Waals surface area contributed by atoms with Crippen molar-refractivity contribution in [2.24, 2.45) is 5.41 Å². The first kappa shape index (κ1) is 27.2. The highest BCUT2D eigenvalue weighted by Gasteiger charge is 2.43. The molecule has 0 saturated carbocycles. The number of methoxy groups -OCH3 is 1. The number of carbonyl (C=O) groups excluding carboxylic acids is 1. The molecular formula is C31H36N2O5. The molecule has 200 valence electrons. The van der Waals surface area contributed by atoms with Gasteiger partial charge in [0.05, 0.1) is 18.7 Å². The van der Waals surface area contributed by atoms with Gasteiger partial charge in [0.1, 0.15) is 12.4 Å². The molecule has 1 saturated heterocycles. The standard InChI is InChI=1S/C31H36N2O5/c1-31(2,3)28-26(16-17-33(28)30(35)36)32-19-22(18-21-12-14-24(15-13-21)29(34)37-4)20-38-27-11-7-9-23-8-5-6-10-25(23)27/h5-15,18,26,28,32H,16-17,19-20H2,1-4H3,(H,35,36). The van der Waals surface area contributed by atoms with Crippen molar-refractivity contribution in [3.05, 3.63) is 83.4 Å². The zero-order valence-electron chi connectivity index (χ0n) is 22.4. The molecule has 0 aliphatic carbocycles. The van der Waals surface area contributed by atoms with Crippen LogP contribution in [0.3, 0.4) is 0 Å². The van der Waals surface area contributed by atoms with Crippen LogP contribution in [-0.4, -0.2) is 61.0 Å². The van der Waals surface area contributed by atoms with E-state index in [-0.39, 0.29) is 23.5 Å². The number of esters is 1. The van der Waals surface area contributed by atoms with Crippen LogP contribution in [0.1, 0.15) is 43.1 Å². The van der Waals surface area contributed by atoms with Gasteiger partial charge < -0.3 is 24.8 Å². The first-order valence-corrected chi connectivity index (χ1v) is 12.9. The van der Waals surface area contributed by atoms with Gasteiger partial charge in [-0.05, 0) is 46.6 Å². The minimum atomic E-state index is -0.880. The highest BCUT2D eigenvalue weighted by Crippen LogP contribution is 2.33. The minimum Gasteiger partial charge on any atom is -0.489 e. The van der Waals surface area contributed by atoms with Crippen LogP contribution >= 0.6 is 0 Å². The molecule has 0 aromatic heterocycles. The lowest BCUT2D eigenvalue weighted by molar-refractivity contribution is 0.0600. The van der Waals surface area contributed by atoms with E-state index in [2.05, 4.69) is 44.3 Å². The lowest BCUT2D eigenvalue weighted by Crippen LogP contribution is -2.52. The first-order chi connectivity index (χ1) is 18.2. The van der Waals surface area contributed by atoms with Crippen molar-refractivity contribution in [1.82, 2.24) is 10.2 Å². The Labute approximate surface area is 224 Å². The van der Waals surface area contributed by atoms with Crippen LogP contribution in [0.4, 0.5) is 4.79 Å². The predicted molar refractivity (Wildman–Crippen MR) is 150 cm³/mol. The van der Waals surface area contributed by atoms with Crippen molar-refractivity contribution < 1.29 is 24.2 Å². The van der Waals surface area contributed by atoms with Crippen LogP contribution in [-0.2, 0) is 4.74 Å². The van der Waals surface area contributed by atoms with Crippen LogP contribution < -0.4 is 10.1 Å². The lowest BCUT2D eigenvalue weighted by atomic mass is 9.82. The summed E-state index contributed by atoms with van der Waals surface area (Å²) in [4.78, 5) is 25.3. The van der Waals surface area contributed by atoms with Crippen LogP contribution in [0.25, 0.3) is 16.8 Å². The number of fused-ring (bicyclic) bond motifs is 1. The number of hydrogen-bond donors (Lipinski definition) is 2. The predicted octanol–water partition coefficient (Wildman–Crippen LogP) is 5.85. The summed E-state index contributed by atoms with van der Waals surface area (Å²) in [6, 6.07) is 21.2. The Bertz CT molecular complexity index is 1300. The van der Waals surface area contributed by atoms with Gasteiger partial charge in [-0.3, -0.25) is 0 Å². The maximum absolute atomic E-state index is 11.9. The Balaban J connectivity index is 1.56. The van der Waals surface area contributed by atoms with Gasteiger partial charge in [-0.2, -0.15) is 0 Å². The van der Waals surface area contributed by atoms with Gasteiger partial charge in [0.15, 0.2) is 0 Å². The maximum Gasteiger partial charge on any atom is 0.407 e. The second kappa shape index (κ2) is 11.7. The summed E-state index contributed by atoms with van der Waals surface area (Å²) in [7, 11) is 1.36. The molecule has 3 aromatic rings. The summed E-state index contributed by atoms with van der Waals surface area (Å²) in [5, 5.41) is 15.5. The van der Waals surface area contributed by atoms with E-state index in [1.165, 1.54) is 7.11 Å². The number of nitrogens with one attached hydrogen (secondary N) is 1. The summed E-state index contributed by atoms with van der Waals surface area (Å²) >= 11 is 0. The molecule has 0 spiro atoms. The Morgan fingerprint density at radius 2 is 1.76 bits per heavy atom. The number of ether oxygens (including phenoxy) is 2. The highest BCUT2D eigenvalue weighted by atomic mass is 16.5. The molecule has 1 heterocycles. The van der Waals surface area contributed by atoms with Crippen molar-refractivity contribution in [2.45, 2.75) is 39.3 Å². The first-order valence-electron chi connectivity index (χ1n) is 12.9. The van der Waals surface area contributed by atoms with E-state index in [0.29, 0.717) is 25.3 Å². The van der Waals surface area contributed by atoms with Gasteiger partial charge >= 0.3 is 12.1 Å². The summed E-state index contributed by atoms with van der Waals surface area (Å²) in [6.45, 7) is 7.64. The number of carboxylic acid groups (broad SMARTS) is 1. The maximum atomic E-state index is 11.9. The van der Waals surface area contributed by atoms with Crippen molar-refractivity contribution in [3.8, 4) is 5.75 Å². The third-order valence-electron chi connectivity index (χ3n) is 6.99. The van der Waals surface area contributed by atoms with E-state index >= 15 is 0 Å². The molecule has 0 bridgehead atoms.